The first kappa shape index (κ1) is 19.6. The van der Waals surface area contributed by atoms with E-state index in [1.54, 1.807) is 18.6 Å². The van der Waals surface area contributed by atoms with Crippen molar-refractivity contribution >= 4 is 33.7 Å². The van der Waals surface area contributed by atoms with Crippen molar-refractivity contribution in [3.05, 3.63) is 55.0 Å². The fourth-order valence-electron chi connectivity index (χ4n) is 4.59. The minimum atomic E-state index is 0.0848. The number of H-pyrrole nitrogens is 2. The Labute approximate surface area is 189 Å². The van der Waals surface area contributed by atoms with E-state index >= 15 is 0 Å². The van der Waals surface area contributed by atoms with Crippen LogP contribution in [0.4, 0.5) is 5.69 Å². The predicted molar refractivity (Wildman–Crippen MR) is 127 cm³/mol. The molecule has 6 rings (SSSR count). The zero-order chi connectivity index (χ0) is 22.2. The van der Waals surface area contributed by atoms with Crippen molar-refractivity contribution in [3.8, 4) is 22.6 Å². The van der Waals surface area contributed by atoms with Gasteiger partial charge in [-0.2, -0.15) is 5.10 Å². The number of rotatable bonds is 4. The zero-order valence-electron chi connectivity index (χ0n) is 18.0. The van der Waals surface area contributed by atoms with E-state index in [-0.39, 0.29) is 11.8 Å². The van der Waals surface area contributed by atoms with E-state index in [2.05, 4.69) is 30.5 Å². The van der Waals surface area contributed by atoms with Crippen molar-refractivity contribution in [2.24, 2.45) is 5.92 Å². The summed E-state index contributed by atoms with van der Waals surface area (Å²) >= 11 is 0. The number of amides is 1. The van der Waals surface area contributed by atoms with Crippen LogP contribution in [0.1, 0.15) is 32.1 Å². The molecule has 1 fully saturated rings. The normalized spacial score (nSPS) is 14.7. The molecule has 1 aliphatic carbocycles. The number of anilines is 1. The van der Waals surface area contributed by atoms with Gasteiger partial charge >= 0.3 is 0 Å². The lowest BCUT2D eigenvalue weighted by molar-refractivity contribution is -0.120. The van der Waals surface area contributed by atoms with Crippen LogP contribution in [-0.2, 0) is 4.79 Å². The van der Waals surface area contributed by atoms with Crippen molar-refractivity contribution < 1.29 is 4.79 Å². The molecular formula is C25H23N7O. The van der Waals surface area contributed by atoms with Gasteiger partial charge in [-0.05, 0) is 49.2 Å². The first-order valence-corrected chi connectivity index (χ1v) is 11.3. The van der Waals surface area contributed by atoms with E-state index < -0.39 is 0 Å². The summed E-state index contributed by atoms with van der Waals surface area (Å²) in [4.78, 5) is 29.6. The first-order valence-electron chi connectivity index (χ1n) is 11.3. The van der Waals surface area contributed by atoms with Crippen LogP contribution in [0.3, 0.4) is 0 Å². The lowest BCUT2D eigenvalue weighted by Crippen LogP contribution is -2.24. The molecule has 0 aromatic carbocycles. The topological polar surface area (TPSA) is 112 Å². The summed E-state index contributed by atoms with van der Waals surface area (Å²) in [5.74, 6) is 0.178. The molecule has 5 aromatic heterocycles. The van der Waals surface area contributed by atoms with Crippen molar-refractivity contribution in [1.29, 1.82) is 0 Å². The van der Waals surface area contributed by atoms with Gasteiger partial charge in [-0.1, -0.05) is 19.3 Å². The molecule has 0 spiro atoms. The third kappa shape index (κ3) is 3.73. The second kappa shape index (κ2) is 8.12. The molecule has 0 saturated heterocycles. The molecule has 5 heterocycles. The summed E-state index contributed by atoms with van der Waals surface area (Å²) < 4.78 is 0. The fraction of sp³-hybridized carbons (Fsp3) is 0.240. The lowest BCUT2D eigenvalue weighted by atomic mass is 9.88. The third-order valence-corrected chi connectivity index (χ3v) is 6.33. The van der Waals surface area contributed by atoms with Crippen molar-refractivity contribution in [1.82, 2.24) is 30.1 Å². The number of nitrogens with zero attached hydrogens (tertiary/aromatic N) is 4. The van der Waals surface area contributed by atoms with E-state index in [0.717, 1.165) is 70.4 Å². The van der Waals surface area contributed by atoms with Crippen LogP contribution in [0.5, 0.6) is 0 Å². The molecule has 33 heavy (non-hydrogen) atoms. The number of aromatic amines is 2. The van der Waals surface area contributed by atoms with Gasteiger partial charge in [-0.15, -0.1) is 0 Å². The van der Waals surface area contributed by atoms with Crippen LogP contribution in [0, 0.1) is 5.92 Å². The number of fused-ring (bicyclic) bond motifs is 2. The zero-order valence-corrected chi connectivity index (χ0v) is 18.0. The average Bonchev–Trinajstić information content (AvgIpc) is 3.48. The summed E-state index contributed by atoms with van der Waals surface area (Å²) in [7, 11) is 0. The number of aromatic nitrogens is 6. The lowest BCUT2D eigenvalue weighted by Gasteiger charge is -2.20. The van der Waals surface area contributed by atoms with Gasteiger partial charge in [0.2, 0.25) is 5.91 Å². The van der Waals surface area contributed by atoms with Gasteiger partial charge in [0, 0.05) is 23.9 Å². The Morgan fingerprint density at radius 2 is 1.94 bits per heavy atom. The minimum Gasteiger partial charge on any atom is -0.352 e. The van der Waals surface area contributed by atoms with Crippen molar-refractivity contribution in [2.45, 2.75) is 32.1 Å². The summed E-state index contributed by atoms with van der Waals surface area (Å²) in [6.07, 6.45) is 10.6. The maximum atomic E-state index is 12.7. The highest BCUT2D eigenvalue weighted by molar-refractivity contribution is 5.94. The molecule has 8 heteroatoms. The Morgan fingerprint density at radius 1 is 1.03 bits per heavy atom. The average molecular weight is 438 g/mol. The molecule has 0 bridgehead atoms. The molecule has 0 unspecified atom stereocenters. The van der Waals surface area contributed by atoms with Crippen molar-refractivity contribution in [2.75, 3.05) is 5.32 Å². The summed E-state index contributed by atoms with van der Waals surface area (Å²) in [6.45, 7) is 0. The van der Waals surface area contributed by atoms with Crippen LogP contribution < -0.4 is 5.32 Å². The summed E-state index contributed by atoms with van der Waals surface area (Å²) in [5.41, 5.74) is 7.32. The van der Waals surface area contributed by atoms with Gasteiger partial charge < -0.3 is 10.3 Å². The molecular weight excluding hydrogens is 414 g/mol. The molecule has 0 radical (unpaired) electrons. The number of hydrogen-bond acceptors (Lipinski definition) is 5. The Kier molecular flexibility index (Phi) is 4.83. The molecule has 0 aliphatic heterocycles. The second-order valence-electron chi connectivity index (χ2n) is 8.57. The smallest absolute Gasteiger partial charge is 0.227 e. The van der Waals surface area contributed by atoms with E-state index in [1.807, 2.05) is 36.4 Å². The highest BCUT2D eigenvalue weighted by Gasteiger charge is 2.21. The molecule has 1 amide bonds. The number of hydrogen-bond donors (Lipinski definition) is 3. The summed E-state index contributed by atoms with van der Waals surface area (Å²) in [6, 6.07) is 11.7. The molecule has 5 aromatic rings. The molecule has 1 aliphatic rings. The Morgan fingerprint density at radius 3 is 2.82 bits per heavy atom. The van der Waals surface area contributed by atoms with Crippen LogP contribution in [0.25, 0.3) is 44.7 Å². The Balaban J connectivity index is 1.32. The molecule has 164 valence electrons. The van der Waals surface area contributed by atoms with E-state index in [9.17, 15) is 4.79 Å². The first-order chi connectivity index (χ1) is 16.2. The molecule has 1 saturated carbocycles. The van der Waals surface area contributed by atoms with Gasteiger partial charge in [0.25, 0.3) is 0 Å². The van der Waals surface area contributed by atoms with Crippen LogP contribution in [0.15, 0.2) is 55.0 Å². The Bertz CT molecular complexity index is 1430. The quantitative estimate of drug-likeness (QED) is 0.363. The maximum Gasteiger partial charge on any atom is 0.227 e. The van der Waals surface area contributed by atoms with Gasteiger partial charge in [0.1, 0.15) is 11.2 Å². The fourth-order valence-corrected chi connectivity index (χ4v) is 4.59. The molecule has 3 N–H and O–H groups in total. The minimum absolute atomic E-state index is 0.0848. The third-order valence-electron chi connectivity index (χ3n) is 6.33. The van der Waals surface area contributed by atoms with Gasteiger partial charge in [0.05, 0.1) is 39.8 Å². The van der Waals surface area contributed by atoms with Gasteiger partial charge in [-0.3, -0.25) is 19.9 Å². The number of carbonyl (C=O) groups is 1. The highest BCUT2D eigenvalue weighted by atomic mass is 16.1. The summed E-state index contributed by atoms with van der Waals surface area (Å²) in [5, 5.41) is 10.6. The SMILES string of the molecule is O=C(Nc1cncc(-c2ccc3[nH]nc(-c4cc5ncccc5[nH]4)c3n2)c1)C1CCCCC1. The number of nitrogens with one attached hydrogen (secondary N) is 3. The number of carbonyl (C=O) groups excluding carboxylic acids is 1. The van der Waals surface area contributed by atoms with E-state index in [1.165, 1.54) is 6.42 Å². The maximum absolute atomic E-state index is 12.7. The number of pyridine rings is 3. The van der Waals surface area contributed by atoms with Crippen LogP contribution >= 0.6 is 0 Å². The Hall–Kier alpha value is -4.07. The van der Waals surface area contributed by atoms with Crippen LogP contribution in [-0.4, -0.2) is 36.0 Å². The monoisotopic (exact) mass is 437 g/mol. The van der Waals surface area contributed by atoms with Crippen LogP contribution in [0.2, 0.25) is 0 Å². The van der Waals surface area contributed by atoms with Gasteiger partial charge in [0.15, 0.2) is 0 Å². The standard InChI is InChI=1S/C25H23N7O/c33-25(15-5-2-1-3-6-15)28-17-11-16(13-26-14-17)18-8-9-20-23(30-18)24(32-31-20)22-12-21-19(29-22)7-4-10-27-21/h4,7-15,29H,1-3,5-6H2,(H,28,33)(H,31,32). The highest BCUT2D eigenvalue weighted by Crippen LogP contribution is 2.30. The van der Waals surface area contributed by atoms with Gasteiger partial charge in [-0.25, -0.2) is 4.98 Å². The van der Waals surface area contributed by atoms with E-state index in [0.29, 0.717) is 5.69 Å². The van der Waals surface area contributed by atoms with E-state index in [4.69, 9.17) is 4.98 Å². The second-order valence-corrected chi connectivity index (χ2v) is 8.57. The molecule has 0 atom stereocenters. The largest absolute Gasteiger partial charge is 0.352 e. The molecule has 8 nitrogen and oxygen atoms in total. The predicted octanol–water partition coefficient (Wildman–Crippen LogP) is 5.08. The van der Waals surface area contributed by atoms with Crippen molar-refractivity contribution in [3.63, 3.8) is 0 Å².